The van der Waals surface area contributed by atoms with Gasteiger partial charge in [-0.3, -0.25) is 9.71 Å². The average Bonchev–Trinajstić information content (AvgIpc) is 3.31. The van der Waals surface area contributed by atoms with Crippen LogP contribution in [0.25, 0.3) is 5.82 Å². The van der Waals surface area contributed by atoms with Crippen LogP contribution in [0, 0.1) is 0 Å². The Morgan fingerprint density at radius 2 is 1.64 bits per heavy atom. The number of pyridine rings is 1. The maximum absolute atomic E-state index is 12.8. The SMILES string of the molecule is NC1=c2ccoc2=NCN1c1ccc(NS(=O)(=O)c2ccc(Oc3ccncc3)cc2)cc1. The highest BCUT2D eigenvalue weighted by molar-refractivity contribution is 7.92. The zero-order chi connectivity index (χ0) is 22.8. The molecule has 3 N–H and O–H groups in total. The topological polar surface area (TPSA) is 123 Å². The number of benzene rings is 2. The number of ether oxygens (including phenoxy) is 1. The number of nitrogens with two attached hydrogens (primary N) is 1. The fourth-order valence-corrected chi connectivity index (χ4v) is 4.41. The summed E-state index contributed by atoms with van der Waals surface area (Å²) in [7, 11) is -3.77. The van der Waals surface area contributed by atoms with Gasteiger partial charge in [-0.1, -0.05) is 0 Å². The van der Waals surface area contributed by atoms with Crippen molar-refractivity contribution in [2.45, 2.75) is 4.90 Å². The van der Waals surface area contributed by atoms with Crippen LogP contribution < -0.4 is 30.9 Å². The first-order chi connectivity index (χ1) is 16.0. The first-order valence-electron chi connectivity index (χ1n) is 9.96. The summed E-state index contributed by atoms with van der Waals surface area (Å²) in [5, 5.41) is 0.724. The zero-order valence-corrected chi connectivity index (χ0v) is 18.1. The summed E-state index contributed by atoms with van der Waals surface area (Å²) in [6.45, 7) is 0.311. The van der Waals surface area contributed by atoms with Gasteiger partial charge in [-0.15, -0.1) is 0 Å². The molecule has 9 nitrogen and oxygen atoms in total. The molecule has 0 atom stereocenters. The molecule has 33 heavy (non-hydrogen) atoms. The van der Waals surface area contributed by atoms with E-state index in [0.717, 1.165) is 10.9 Å². The first kappa shape index (κ1) is 20.6. The van der Waals surface area contributed by atoms with Gasteiger partial charge in [-0.2, -0.15) is 0 Å². The van der Waals surface area contributed by atoms with Gasteiger partial charge in [0.25, 0.3) is 10.0 Å². The molecule has 5 rings (SSSR count). The van der Waals surface area contributed by atoms with E-state index in [4.69, 9.17) is 14.9 Å². The fourth-order valence-electron chi connectivity index (χ4n) is 3.35. The molecule has 2 aromatic heterocycles. The molecule has 2 aromatic carbocycles. The number of hydrogen-bond acceptors (Lipinski definition) is 8. The van der Waals surface area contributed by atoms with Crippen molar-refractivity contribution in [3.05, 3.63) is 96.2 Å². The van der Waals surface area contributed by atoms with E-state index in [1.807, 2.05) is 4.90 Å². The van der Waals surface area contributed by atoms with Crippen molar-refractivity contribution in [3.63, 3.8) is 0 Å². The summed E-state index contributed by atoms with van der Waals surface area (Å²) in [4.78, 5) is 10.2. The van der Waals surface area contributed by atoms with E-state index in [9.17, 15) is 8.42 Å². The molecule has 0 spiro atoms. The third kappa shape index (κ3) is 4.23. The minimum atomic E-state index is -3.77. The zero-order valence-electron chi connectivity index (χ0n) is 17.3. The summed E-state index contributed by atoms with van der Waals surface area (Å²) in [5.74, 6) is 1.66. The van der Waals surface area contributed by atoms with Crippen molar-refractivity contribution >= 4 is 27.2 Å². The molecule has 0 fully saturated rings. The van der Waals surface area contributed by atoms with Crippen LogP contribution in [0.2, 0.25) is 0 Å². The van der Waals surface area contributed by atoms with Crippen LogP contribution in [-0.2, 0) is 10.0 Å². The molecule has 3 heterocycles. The lowest BCUT2D eigenvalue weighted by molar-refractivity contribution is 0.481. The van der Waals surface area contributed by atoms with Gasteiger partial charge in [0.05, 0.1) is 16.4 Å². The van der Waals surface area contributed by atoms with Crippen molar-refractivity contribution in [1.82, 2.24) is 4.98 Å². The van der Waals surface area contributed by atoms with E-state index in [1.165, 1.54) is 12.1 Å². The molecule has 1 aliphatic heterocycles. The molecule has 1 aliphatic rings. The lowest BCUT2D eigenvalue weighted by atomic mass is 10.2. The molecule has 0 saturated carbocycles. The van der Waals surface area contributed by atoms with E-state index >= 15 is 0 Å². The smallest absolute Gasteiger partial charge is 0.261 e. The fraction of sp³-hybridized carbons (Fsp3) is 0.0435. The highest BCUT2D eigenvalue weighted by Gasteiger charge is 2.17. The lowest BCUT2D eigenvalue weighted by Crippen LogP contribution is -2.42. The van der Waals surface area contributed by atoms with E-state index in [0.29, 0.717) is 35.2 Å². The second kappa shape index (κ2) is 8.32. The van der Waals surface area contributed by atoms with Crippen molar-refractivity contribution < 1.29 is 17.6 Å². The summed E-state index contributed by atoms with van der Waals surface area (Å²) in [6, 6.07) is 18.3. The van der Waals surface area contributed by atoms with Crippen LogP contribution in [0.3, 0.4) is 0 Å². The van der Waals surface area contributed by atoms with Crippen LogP contribution in [0.5, 0.6) is 11.5 Å². The molecule has 0 bridgehead atoms. The second-order valence-electron chi connectivity index (χ2n) is 7.16. The highest BCUT2D eigenvalue weighted by Crippen LogP contribution is 2.25. The van der Waals surface area contributed by atoms with Gasteiger partial charge >= 0.3 is 0 Å². The van der Waals surface area contributed by atoms with Crippen LogP contribution >= 0.6 is 0 Å². The lowest BCUT2D eigenvalue weighted by Gasteiger charge is -2.24. The molecular formula is C23H19N5O4S. The largest absolute Gasteiger partial charge is 0.457 e. The number of nitrogens with zero attached hydrogens (tertiary/aromatic N) is 3. The Labute approximate surface area is 189 Å². The van der Waals surface area contributed by atoms with E-state index in [2.05, 4.69) is 14.7 Å². The van der Waals surface area contributed by atoms with Gasteiger partial charge in [0.15, 0.2) is 0 Å². The molecule has 0 saturated heterocycles. The molecule has 0 unspecified atom stereocenters. The quantitative estimate of drug-likeness (QED) is 0.452. The Kier molecular flexibility index (Phi) is 5.19. The third-order valence-electron chi connectivity index (χ3n) is 5.02. The Balaban J connectivity index is 1.30. The number of anilines is 2. The van der Waals surface area contributed by atoms with Gasteiger partial charge < -0.3 is 19.8 Å². The minimum Gasteiger partial charge on any atom is -0.457 e. The molecule has 166 valence electrons. The Morgan fingerprint density at radius 1 is 0.939 bits per heavy atom. The number of aromatic nitrogens is 1. The van der Waals surface area contributed by atoms with Crippen molar-refractivity contribution in [1.29, 1.82) is 0 Å². The number of nitrogens with one attached hydrogen (secondary N) is 1. The molecule has 4 aromatic rings. The number of furan rings is 1. The number of sulfonamides is 1. The molecule has 0 radical (unpaired) electrons. The maximum atomic E-state index is 12.8. The Hall–Kier alpha value is -4.31. The van der Waals surface area contributed by atoms with Crippen LogP contribution in [0.1, 0.15) is 0 Å². The van der Waals surface area contributed by atoms with Gasteiger partial charge in [-0.05, 0) is 66.7 Å². The highest BCUT2D eigenvalue weighted by atomic mass is 32.2. The third-order valence-corrected chi connectivity index (χ3v) is 6.42. The number of fused-ring (bicyclic) bond motifs is 1. The summed E-state index contributed by atoms with van der Waals surface area (Å²) >= 11 is 0. The second-order valence-corrected chi connectivity index (χ2v) is 8.84. The molecule has 0 amide bonds. The number of hydrogen-bond donors (Lipinski definition) is 2. The van der Waals surface area contributed by atoms with E-state index < -0.39 is 10.0 Å². The van der Waals surface area contributed by atoms with E-state index in [-0.39, 0.29) is 4.90 Å². The van der Waals surface area contributed by atoms with Gasteiger partial charge in [-0.25, -0.2) is 13.4 Å². The predicted molar refractivity (Wildman–Crippen MR) is 122 cm³/mol. The van der Waals surface area contributed by atoms with Crippen LogP contribution in [0.15, 0.2) is 99.7 Å². The minimum absolute atomic E-state index is 0.119. The molecule has 10 heteroatoms. The van der Waals surface area contributed by atoms with Crippen molar-refractivity contribution in [3.8, 4) is 11.5 Å². The van der Waals surface area contributed by atoms with Gasteiger partial charge in [0.2, 0.25) is 5.55 Å². The first-order valence-corrected chi connectivity index (χ1v) is 11.4. The van der Waals surface area contributed by atoms with Gasteiger partial charge in [0.1, 0.15) is 24.0 Å². The Bertz CT molecular complexity index is 1500. The summed E-state index contributed by atoms with van der Waals surface area (Å²) < 4.78 is 39.1. The Morgan fingerprint density at radius 3 is 2.36 bits per heavy atom. The van der Waals surface area contributed by atoms with Crippen LogP contribution in [0.4, 0.5) is 11.4 Å². The summed E-state index contributed by atoms with van der Waals surface area (Å²) in [5.41, 5.74) is 7.95. The molecular weight excluding hydrogens is 442 g/mol. The monoisotopic (exact) mass is 461 g/mol. The molecule has 0 aliphatic carbocycles. The normalized spacial score (nSPS) is 13.2. The van der Waals surface area contributed by atoms with Crippen molar-refractivity contribution in [2.24, 2.45) is 10.7 Å². The van der Waals surface area contributed by atoms with Crippen molar-refractivity contribution in [2.75, 3.05) is 16.3 Å². The average molecular weight is 462 g/mol. The number of rotatable bonds is 6. The summed E-state index contributed by atoms with van der Waals surface area (Å²) in [6.07, 6.45) is 4.77. The van der Waals surface area contributed by atoms with Crippen LogP contribution in [-0.4, -0.2) is 20.1 Å². The maximum Gasteiger partial charge on any atom is 0.261 e. The van der Waals surface area contributed by atoms with Gasteiger partial charge in [0, 0.05) is 23.8 Å². The van der Waals surface area contributed by atoms with E-state index in [1.54, 1.807) is 73.3 Å². The predicted octanol–water partition coefficient (Wildman–Crippen LogP) is 2.39. The standard InChI is InChI=1S/C23H19N5O4S/c24-22-21-11-14-31-23(21)26-15-28(22)17-3-1-16(2-4-17)27-33(29,30)20-7-5-18(6-8-20)32-19-9-12-25-13-10-19/h1-14,27H,15,24H2.